The van der Waals surface area contributed by atoms with Crippen LogP contribution in [0.4, 0.5) is 0 Å². The quantitative estimate of drug-likeness (QED) is 0.464. The smallest absolute Gasteiger partial charge is 0.264 e. The van der Waals surface area contributed by atoms with Crippen LogP contribution in [0.3, 0.4) is 0 Å². The lowest BCUT2D eigenvalue weighted by atomic mass is 10.3. The molecule has 16 heavy (non-hydrogen) atoms. The lowest BCUT2D eigenvalue weighted by Crippen LogP contribution is -2.36. The highest BCUT2D eigenvalue weighted by atomic mass is 32.2. The maximum absolute atomic E-state index is 10.5. The van der Waals surface area contributed by atoms with Crippen LogP contribution in [0.1, 0.15) is 18.5 Å². The average molecular weight is 242 g/mol. The fourth-order valence-electron chi connectivity index (χ4n) is 1.45. The minimum absolute atomic E-state index is 0.177. The number of pyridine rings is 1. The Morgan fingerprint density at radius 2 is 2.12 bits per heavy atom. The van der Waals surface area contributed by atoms with E-state index in [1.54, 1.807) is 6.08 Å². The molecule has 0 spiro atoms. The molecule has 1 N–H and O–H groups in total. The number of hydrogen-bond donors (Lipinski definition) is 1. The zero-order valence-corrected chi connectivity index (χ0v) is 9.86. The number of aromatic nitrogens is 1. The Bertz CT molecular complexity index is 454. The molecular weight excluding hydrogens is 226 g/mol. The van der Waals surface area contributed by atoms with Crippen LogP contribution in [0.5, 0.6) is 0 Å². The van der Waals surface area contributed by atoms with Crippen LogP contribution in [0.15, 0.2) is 31.0 Å². The van der Waals surface area contributed by atoms with Crippen LogP contribution < -0.4 is 4.57 Å². The minimum Gasteiger partial charge on any atom is -0.286 e. The van der Waals surface area contributed by atoms with Crippen molar-refractivity contribution in [3.05, 3.63) is 36.7 Å². The summed E-state index contributed by atoms with van der Waals surface area (Å²) in [5.74, 6) is -0.177. The van der Waals surface area contributed by atoms with E-state index < -0.39 is 10.1 Å². The Morgan fingerprint density at radius 3 is 2.75 bits per heavy atom. The Kier molecular flexibility index (Phi) is 4.64. The van der Waals surface area contributed by atoms with E-state index in [4.69, 9.17) is 4.55 Å². The van der Waals surface area contributed by atoms with E-state index in [-0.39, 0.29) is 5.75 Å². The van der Waals surface area contributed by atoms with Crippen molar-refractivity contribution in [2.75, 3.05) is 5.75 Å². The summed E-state index contributed by atoms with van der Waals surface area (Å²) < 4.78 is 31.6. The van der Waals surface area contributed by atoms with E-state index in [1.165, 1.54) is 0 Å². The van der Waals surface area contributed by atoms with Crippen molar-refractivity contribution in [1.29, 1.82) is 0 Å². The van der Waals surface area contributed by atoms with Crippen LogP contribution in [0.25, 0.3) is 6.08 Å². The van der Waals surface area contributed by atoms with Gasteiger partial charge in [0.2, 0.25) is 5.69 Å². The maximum atomic E-state index is 10.5. The Balaban J connectivity index is 2.46. The Morgan fingerprint density at radius 1 is 1.38 bits per heavy atom. The predicted octanol–water partition coefficient (Wildman–Crippen LogP) is 1.29. The molecule has 1 aromatic rings. The minimum atomic E-state index is -3.82. The van der Waals surface area contributed by atoms with Crippen molar-refractivity contribution in [2.24, 2.45) is 0 Å². The lowest BCUT2D eigenvalue weighted by Gasteiger charge is -2.00. The highest BCUT2D eigenvalue weighted by molar-refractivity contribution is 7.85. The number of rotatable bonds is 6. The SMILES string of the molecule is C=Cc1cccc[n+]1CCCCS(=O)(=O)O. The van der Waals surface area contributed by atoms with E-state index in [0.717, 1.165) is 12.2 Å². The van der Waals surface area contributed by atoms with Gasteiger partial charge in [-0.25, -0.2) is 0 Å². The number of aryl methyl sites for hydroxylation is 1. The number of nitrogens with zero attached hydrogens (tertiary/aromatic N) is 1. The molecule has 5 heteroatoms. The summed E-state index contributed by atoms with van der Waals surface area (Å²) in [6.07, 6.45) is 4.83. The van der Waals surface area contributed by atoms with Gasteiger partial charge in [0.25, 0.3) is 10.1 Å². The van der Waals surface area contributed by atoms with E-state index in [1.807, 2.05) is 29.0 Å². The molecule has 1 aromatic heterocycles. The van der Waals surface area contributed by atoms with Gasteiger partial charge in [0.05, 0.1) is 5.75 Å². The third-order valence-corrected chi connectivity index (χ3v) is 3.04. The zero-order chi connectivity index (χ0) is 12.0. The van der Waals surface area contributed by atoms with Gasteiger partial charge in [0.1, 0.15) is 6.54 Å². The zero-order valence-electron chi connectivity index (χ0n) is 9.04. The van der Waals surface area contributed by atoms with E-state index in [2.05, 4.69) is 6.58 Å². The van der Waals surface area contributed by atoms with Gasteiger partial charge in [-0.3, -0.25) is 4.55 Å². The molecular formula is C11H16NO3S+. The normalized spacial score (nSPS) is 11.3. The first-order valence-electron chi connectivity index (χ1n) is 5.09. The van der Waals surface area contributed by atoms with Crippen molar-refractivity contribution in [1.82, 2.24) is 0 Å². The van der Waals surface area contributed by atoms with Gasteiger partial charge >= 0.3 is 0 Å². The fourth-order valence-corrected chi connectivity index (χ4v) is 2.01. The molecule has 0 radical (unpaired) electrons. The summed E-state index contributed by atoms with van der Waals surface area (Å²) in [4.78, 5) is 0. The third kappa shape index (κ3) is 4.55. The molecule has 0 unspecified atom stereocenters. The highest BCUT2D eigenvalue weighted by Crippen LogP contribution is 1.97. The first-order valence-corrected chi connectivity index (χ1v) is 6.70. The van der Waals surface area contributed by atoms with Crippen molar-refractivity contribution in [3.8, 4) is 0 Å². The van der Waals surface area contributed by atoms with Crippen LogP contribution in [-0.2, 0) is 16.7 Å². The number of hydrogen-bond acceptors (Lipinski definition) is 2. The van der Waals surface area contributed by atoms with Crippen LogP contribution in [0, 0.1) is 0 Å². The van der Waals surface area contributed by atoms with Crippen LogP contribution >= 0.6 is 0 Å². The van der Waals surface area contributed by atoms with Gasteiger partial charge in [-0.15, -0.1) is 0 Å². The standard InChI is InChI=1S/C11H15NO3S/c1-2-11-7-3-4-8-12(11)9-5-6-10-16(13,14)15/h2-4,7-8H,1,5-6,9-10H2/p+1. The molecule has 0 aromatic carbocycles. The van der Waals surface area contributed by atoms with Gasteiger partial charge < -0.3 is 0 Å². The topological polar surface area (TPSA) is 58.2 Å². The molecule has 1 rings (SSSR count). The third-order valence-electron chi connectivity index (χ3n) is 2.24. The van der Waals surface area contributed by atoms with Crippen LogP contribution in [0.2, 0.25) is 0 Å². The van der Waals surface area contributed by atoms with Crippen molar-refractivity contribution in [3.63, 3.8) is 0 Å². The summed E-state index contributed by atoms with van der Waals surface area (Å²) in [5.41, 5.74) is 0.995. The van der Waals surface area contributed by atoms with E-state index in [9.17, 15) is 8.42 Å². The molecule has 88 valence electrons. The fraction of sp³-hybridized carbons (Fsp3) is 0.364. The summed E-state index contributed by atoms with van der Waals surface area (Å²) in [6.45, 7) is 4.42. The van der Waals surface area contributed by atoms with Gasteiger partial charge in [-0.05, 0) is 12.5 Å². The summed E-state index contributed by atoms with van der Waals surface area (Å²) in [5, 5.41) is 0. The molecule has 4 nitrogen and oxygen atoms in total. The van der Waals surface area contributed by atoms with Crippen LogP contribution in [-0.4, -0.2) is 18.7 Å². The molecule has 0 bridgehead atoms. The molecule has 0 aliphatic heterocycles. The first kappa shape index (κ1) is 12.9. The van der Waals surface area contributed by atoms with E-state index in [0.29, 0.717) is 12.8 Å². The average Bonchev–Trinajstić information content (AvgIpc) is 2.23. The monoisotopic (exact) mass is 242 g/mol. The lowest BCUT2D eigenvalue weighted by molar-refractivity contribution is -0.699. The molecule has 0 saturated heterocycles. The molecule has 1 heterocycles. The van der Waals surface area contributed by atoms with E-state index >= 15 is 0 Å². The highest BCUT2D eigenvalue weighted by Gasteiger charge is 2.08. The molecule has 0 aliphatic carbocycles. The summed E-state index contributed by atoms with van der Waals surface area (Å²) >= 11 is 0. The van der Waals surface area contributed by atoms with Gasteiger partial charge in [0.15, 0.2) is 6.20 Å². The molecule has 0 fully saturated rings. The Hall–Kier alpha value is -1.20. The van der Waals surface area contributed by atoms with Crippen molar-refractivity contribution < 1.29 is 17.5 Å². The second kappa shape index (κ2) is 5.77. The van der Waals surface area contributed by atoms with Crippen molar-refractivity contribution in [2.45, 2.75) is 19.4 Å². The van der Waals surface area contributed by atoms with Gasteiger partial charge in [-0.1, -0.05) is 6.58 Å². The first-order chi connectivity index (χ1) is 7.53. The summed E-state index contributed by atoms with van der Waals surface area (Å²) in [6, 6.07) is 5.78. The van der Waals surface area contributed by atoms with Gasteiger partial charge in [-0.2, -0.15) is 13.0 Å². The second-order valence-corrected chi connectivity index (χ2v) is 5.09. The maximum Gasteiger partial charge on any atom is 0.264 e. The largest absolute Gasteiger partial charge is 0.286 e. The molecule has 0 amide bonds. The second-order valence-electron chi connectivity index (χ2n) is 3.52. The molecule has 0 aliphatic rings. The van der Waals surface area contributed by atoms with Gasteiger partial charge in [0, 0.05) is 24.6 Å². The predicted molar refractivity (Wildman–Crippen MR) is 62.4 cm³/mol. The Labute approximate surface area is 96.0 Å². The van der Waals surface area contributed by atoms with Crippen molar-refractivity contribution >= 4 is 16.2 Å². The summed E-state index contributed by atoms with van der Waals surface area (Å²) in [7, 11) is -3.82. The molecule has 0 saturated carbocycles. The number of unbranched alkanes of at least 4 members (excludes halogenated alkanes) is 1. The molecule has 0 atom stereocenters.